The normalized spacial score (nSPS) is 14.5. The second-order valence-electron chi connectivity index (χ2n) is 5.89. The Bertz CT molecular complexity index is 1010. The highest BCUT2D eigenvalue weighted by atomic mass is 35.5. The van der Waals surface area contributed by atoms with Crippen LogP contribution in [0.2, 0.25) is 5.02 Å². The maximum atomic E-state index is 12.0. The van der Waals surface area contributed by atoms with E-state index in [4.69, 9.17) is 11.6 Å². The molecule has 140 valence electrons. The topological polar surface area (TPSA) is 61.4 Å². The van der Waals surface area contributed by atoms with E-state index in [0.717, 1.165) is 34.5 Å². The van der Waals surface area contributed by atoms with Gasteiger partial charge in [0.2, 0.25) is 0 Å². The van der Waals surface area contributed by atoms with Gasteiger partial charge in [-0.05, 0) is 42.0 Å². The highest BCUT2D eigenvalue weighted by molar-refractivity contribution is 8.20. The minimum absolute atomic E-state index is 0.372. The lowest BCUT2D eigenvalue weighted by atomic mass is 9.94. The van der Waals surface area contributed by atoms with E-state index in [0.29, 0.717) is 10.6 Å². The molecule has 4 rings (SSSR count). The van der Waals surface area contributed by atoms with Gasteiger partial charge >= 0.3 is 5.24 Å². The van der Waals surface area contributed by atoms with E-state index in [1.807, 2.05) is 28.6 Å². The molecule has 2 aliphatic heterocycles. The number of fused-ring (bicyclic) bond motifs is 2. The predicted octanol–water partition coefficient (Wildman–Crippen LogP) is 5.17. The Morgan fingerprint density at radius 2 is 1.71 bits per heavy atom. The van der Waals surface area contributed by atoms with Crippen molar-refractivity contribution in [2.45, 2.75) is 0 Å². The Kier molecular flexibility index (Phi) is 5.59. The first-order valence-electron chi connectivity index (χ1n) is 8.31. The zero-order valence-electron chi connectivity index (χ0n) is 14.4. The van der Waals surface area contributed by atoms with Gasteiger partial charge in [-0.2, -0.15) is 4.13 Å². The molecule has 0 saturated carbocycles. The van der Waals surface area contributed by atoms with Crippen LogP contribution in [0.3, 0.4) is 0 Å². The van der Waals surface area contributed by atoms with Gasteiger partial charge in [-0.1, -0.05) is 48.0 Å². The van der Waals surface area contributed by atoms with Crippen LogP contribution in [0.15, 0.2) is 84.2 Å². The molecule has 2 aromatic rings. The van der Waals surface area contributed by atoms with E-state index in [1.165, 1.54) is 12.1 Å². The summed E-state index contributed by atoms with van der Waals surface area (Å²) in [6.07, 6.45) is 6.20. The number of hydrogen-bond acceptors (Lipinski definition) is 6. The van der Waals surface area contributed by atoms with Crippen molar-refractivity contribution in [1.82, 2.24) is 13.7 Å². The van der Waals surface area contributed by atoms with Gasteiger partial charge in [0.15, 0.2) is 0 Å². The number of benzene rings is 2. The number of imide groups is 1. The highest BCUT2D eigenvalue weighted by Crippen LogP contribution is 2.44. The van der Waals surface area contributed by atoms with Crippen molar-refractivity contribution in [2.24, 2.45) is 0 Å². The lowest BCUT2D eigenvalue weighted by Crippen LogP contribution is -2.31. The standard InChI is InChI=1S/C20H14ClN3O2S2/c21-15-8-6-14(7-9-15)19(25)22-20(26)27-23-28-24-16-10-11-17(18(24)12-16)13-4-2-1-3-5-13/h1-12,23H,(H,22,25,26). The first-order chi connectivity index (χ1) is 13.6. The van der Waals surface area contributed by atoms with E-state index in [2.05, 4.69) is 33.7 Å². The van der Waals surface area contributed by atoms with Crippen LogP contribution in [0.1, 0.15) is 15.9 Å². The Hall–Kier alpha value is -2.45. The lowest BCUT2D eigenvalue weighted by molar-refractivity contribution is 0.0969. The largest absolute Gasteiger partial charge is 0.301 e. The summed E-state index contributed by atoms with van der Waals surface area (Å²) < 4.78 is 4.92. The van der Waals surface area contributed by atoms with E-state index in [9.17, 15) is 9.59 Å². The van der Waals surface area contributed by atoms with Crippen LogP contribution in [-0.2, 0) is 0 Å². The van der Waals surface area contributed by atoms with E-state index in [1.54, 1.807) is 24.3 Å². The summed E-state index contributed by atoms with van der Waals surface area (Å²) >= 11 is 7.90. The van der Waals surface area contributed by atoms with E-state index >= 15 is 0 Å². The molecule has 0 aromatic heterocycles. The van der Waals surface area contributed by atoms with Crippen molar-refractivity contribution in [3.05, 3.63) is 100 Å². The number of rotatable bonds is 5. The van der Waals surface area contributed by atoms with Gasteiger partial charge in [-0.25, -0.2) is 0 Å². The highest BCUT2D eigenvalue weighted by Gasteiger charge is 2.30. The van der Waals surface area contributed by atoms with Gasteiger partial charge < -0.3 is 0 Å². The Morgan fingerprint density at radius 1 is 0.964 bits per heavy atom. The number of carbonyl (C=O) groups excluding carboxylic acids is 2. The molecule has 2 heterocycles. The molecule has 2 aliphatic rings. The number of nitrogens with zero attached hydrogens (tertiary/aromatic N) is 1. The second kappa shape index (κ2) is 8.28. The quantitative estimate of drug-likeness (QED) is 0.642. The number of carbonyl (C=O) groups is 2. The van der Waals surface area contributed by atoms with Crippen LogP contribution in [-0.4, -0.2) is 15.5 Å². The maximum Gasteiger partial charge on any atom is 0.301 e. The number of halogens is 1. The molecule has 28 heavy (non-hydrogen) atoms. The first-order valence-corrected chi connectivity index (χ1v) is 10.3. The monoisotopic (exact) mass is 427 g/mol. The molecule has 2 aromatic carbocycles. The zero-order chi connectivity index (χ0) is 19.5. The molecule has 2 bridgehead atoms. The summed E-state index contributed by atoms with van der Waals surface area (Å²) in [5.41, 5.74) is 4.74. The third kappa shape index (κ3) is 4.02. The smallest absolute Gasteiger partial charge is 0.282 e. The number of allylic oxidation sites excluding steroid dienone is 4. The summed E-state index contributed by atoms with van der Waals surface area (Å²) in [5, 5.41) is 2.36. The van der Waals surface area contributed by atoms with Gasteiger partial charge in [0.1, 0.15) is 0 Å². The van der Waals surface area contributed by atoms with Crippen molar-refractivity contribution in [3.8, 4) is 0 Å². The lowest BCUT2D eigenvalue weighted by Gasteiger charge is -2.38. The van der Waals surface area contributed by atoms with Crippen molar-refractivity contribution in [3.63, 3.8) is 0 Å². The molecule has 2 amide bonds. The van der Waals surface area contributed by atoms with Crippen LogP contribution in [0.4, 0.5) is 4.79 Å². The molecule has 0 atom stereocenters. The summed E-state index contributed by atoms with van der Waals surface area (Å²) in [5.74, 6) is -0.471. The third-order valence-corrected chi connectivity index (χ3v) is 5.87. The number of nitrogens with one attached hydrogen (secondary N) is 2. The van der Waals surface area contributed by atoms with Gasteiger partial charge in [0.25, 0.3) is 5.91 Å². The summed E-state index contributed by atoms with van der Waals surface area (Å²) in [6, 6.07) is 16.4. The molecule has 0 unspecified atom stereocenters. The van der Waals surface area contributed by atoms with Crippen molar-refractivity contribution in [1.29, 1.82) is 0 Å². The molecule has 0 radical (unpaired) electrons. The average molecular weight is 428 g/mol. The molecule has 0 saturated heterocycles. The summed E-state index contributed by atoms with van der Waals surface area (Å²) in [7, 11) is 0. The number of hydrogen-bond donors (Lipinski definition) is 2. The van der Waals surface area contributed by atoms with Crippen molar-refractivity contribution >= 4 is 52.4 Å². The molecule has 0 fully saturated rings. The Labute approximate surface area is 175 Å². The maximum absolute atomic E-state index is 12.0. The van der Waals surface area contributed by atoms with Crippen LogP contribution in [0.5, 0.6) is 0 Å². The van der Waals surface area contributed by atoms with Crippen LogP contribution in [0.25, 0.3) is 5.57 Å². The Morgan fingerprint density at radius 3 is 2.43 bits per heavy atom. The average Bonchev–Trinajstić information content (AvgIpc) is 2.72. The fraction of sp³-hybridized carbons (Fsp3) is 0. The molecule has 2 N–H and O–H groups in total. The summed E-state index contributed by atoms with van der Waals surface area (Å²) in [4.78, 5) is 24.0. The minimum Gasteiger partial charge on any atom is -0.282 e. The third-order valence-electron chi connectivity index (χ3n) is 4.10. The molecule has 8 heteroatoms. The Balaban J connectivity index is 1.27. The molecule has 0 spiro atoms. The van der Waals surface area contributed by atoms with Gasteiger partial charge in [-0.15, -0.1) is 0 Å². The fourth-order valence-electron chi connectivity index (χ4n) is 2.74. The minimum atomic E-state index is -0.486. The van der Waals surface area contributed by atoms with E-state index < -0.39 is 11.1 Å². The van der Waals surface area contributed by atoms with Crippen LogP contribution >= 0.6 is 35.7 Å². The van der Waals surface area contributed by atoms with Gasteiger partial charge in [-0.3, -0.25) is 19.2 Å². The number of amides is 2. The SMILES string of the molecule is O=C(NC(=O)c1ccc(Cl)cc1)SNSN1c2ccc(-c3ccccc3)c1c2. The molecular formula is C20H14ClN3O2S2. The zero-order valence-corrected chi connectivity index (χ0v) is 16.8. The van der Waals surface area contributed by atoms with Crippen molar-refractivity contribution < 1.29 is 9.59 Å². The fourth-order valence-corrected chi connectivity index (χ4v) is 4.22. The van der Waals surface area contributed by atoms with Crippen molar-refractivity contribution in [2.75, 3.05) is 0 Å². The molecular weight excluding hydrogens is 414 g/mol. The van der Waals surface area contributed by atoms with E-state index in [-0.39, 0.29) is 0 Å². The van der Waals surface area contributed by atoms with Crippen LogP contribution in [0, 0.1) is 0 Å². The first kappa shape index (κ1) is 18.9. The summed E-state index contributed by atoms with van der Waals surface area (Å²) in [6.45, 7) is 0. The molecule has 0 aliphatic carbocycles. The van der Waals surface area contributed by atoms with Gasteiger partial charge in [0.05, 0.1) is 23.5 Å². The van der Waals surface area contributed by atoms with Gasteiger partial charge in [0, 0.05) is 28.1 Å². The predicted molar refractivity (Wildman–Crippen MR) is 115 cm³/mol. The molecule has 5 nitrogen and oxygen atoms in total. The second-order valence-corrected chi connectivity index (χ2v) is 8.11. The van der Waals surface area contributed by atoms with Crippen LogP contribution < -0.4 is 9.44 Å².